The summed E-state index contributed by atoms with van der Waals surface area (Å²) in [5, 5.41) is 18.1. The maximum absolute atomic E-state index is 13.3. The lowest BCUT2D eigenvalue weighted by atomic mass is 9.99. The molecule has 0 amide bonds. The molecule has 0 bridgehead atoms. The van der Waals surface area contributed by atoms with E-state index in [2.05, 4.69) is 0 Å². The van der Waals surface area contributed by atoms with Crippen LogP contribution < -0.4 is 0 Å². The molecule has 0 saturated carbocycles. The highest BCUT2D eigenvalue weighted by Crippen LogP contribution is 2.27. The van der Waals surface area contributed by atoms with Crippen LogP contribution in [0.15, 0.2) is 36.4 Å². The smallest absolute Gasteiger partial charge is 0.125 e. The molecule has 0 aliphatic rings. The summed E-state index contributed by atoms with van der Waals surface area (Å²) >= 11 is 0. The lowest BCUT2D eigenvalue weighted by Crippen LogP contribution is -1.87. The van der Waals surface area contributed by atoms with E-state index in [-0.39, 0.29) is 11.3 Å². The Labute approximate surface area is 98.6 Å². The first-order valence-corrected chi connectivity index (χ1v) is 5.11. The molecule has 0 atom stereocenters. The lowest BCUT2D eigenvalue weighted by molar-refractivity contribution is 0.475. The maximum Gasteiger partial charge on any atom is 0.125 e. The van der Waals surface area contributed by atoms with Gasteiger partial charge >= 0.3 is 0 Å². The number of hydrogen-bond donors (Lipinski definition) is 1. The van der Waals surface area contributed by atoms with Gasteiger partial charge in [-0.25, -0.2) is 4.39 Å². The quantitative estimate of drug-likeness (QED) is 0.811. The van der Waals surface area contributed by atoms with Gasteiger partial charge in [-0.1, -0.05) is 6.07 Å². The molecule has 0 aliphatic heterocycles. The van der Waals surface area contributed by atoms with Gasteiger partial charge in [0.05, 0.1) is 11.6 Å². The Hall–Kier alpha value is -2.34. The number of phenols is 1. The second-order valence-electron chi connectivity index (χ2n) is 3.84. The van der Waals surface area contributed by atoms with Crippen molar-refractivity contribution in [3.63, 3.8) is 0 Å². The average Bonchev–Trinajstić information content (AvgIpc) is 2.28. The SMILES string of the molecule is Cc1cc(O)ccc1-c1cc(F)cc(C#N)c1. The van der Waals surface area contributed by atoms with Crippen LogP contribution in [0.2, 0.25) is 0 Å². The zero-order valence-electron chi connectivity index (χ0n) is 9.24. The molecule has 84 valence electrons. The average molecular weight is 227 g/mol. The van der Waals surface area contributed by atoms with Crippen LogP contribution in [0.1, 0.15) is 11.1 Å². The summed E-state index contributed by atoms with van der Waals surface area (Å²) in [6.07, 6.45) is 0. The lowest BCUT2D eigenvalue weighted by Gasteiger charge is -2.07. The molecule has 2 rings (SSSR count). The van der Waals surface area contributed by atoms with Gasteiger partial charge < -0.3 is 5.11 Å². The van der Waals surface area contributed by atoms with Crippen LogP contribution in [-0.2, 0) is 0 Å². The number of aromatic hydroxyl groups is 1. The van der Waals surface area contributed by atoms with Crippen LogP contribution in [0.3, 0.4) is 0 Å². The van der Waals surface area contributed by atoms with Crippen molar-refractivity contribution in [1.29, 1.82) is 5.26 Å². The molecule has 0 aromatic heterocycles. The highest BCUT2D eigenvalue weighted by atomic mass is 19.1. The number of nitrogens with zero attached hydrogens (tertiary/aromatic N) is 1. The van der Waals surface area contributed by atoms with Crippen molar-refractivity contribution < 1.29 is 9.50 Å². The highest BCUT2D eigenvalue weighted by molar-refractivity contribution is 5.69. The minimum atomic E-state index is -0.438. The van der Waals surface area contributed by atoms with E-state index in [1.54, 1.807) is 24.3 Å². The third-order valence-electron chi connectivity index (χ3n) is 2.55. The van der Waals surface area contributed by atoms with Crippen LogP contribution in [0.25, 0.3) is 11.1 Å². The van der Waals surface area contributed by atoms with Gasteiger partial charge in [-0.3, -0.25) is 0 Å². The molecule has 0 spiro atoms. The molecule has 0 fully saturated rings. The molecule has 3 heteroatoms. The number of rotatable bonds is 1. The van der Waals surface area contributed by atoms with Gasteiger partial charge in [0.25, 0.3) is 0 Å². The van der Waals surface area contributed by atoms with Crippen molar-refractivity contribution in [3.8, 4) is 22.9 Å². The molecule has 2 aromatic rings. The van der Waals surface area contributed by atoms with Gasteiger partial charge in [0.15, 0.2) is 0 Å². The topological polar surface area (TPSA) is 44.0 Å². The first-order chi connectivity index (χ1) is 8.10. The van der Waals surface area contributed by atoms with Gasteiger partial charge in [-0.15, -0.1) is 0 Å². The molecule has 2 nitrogen and oxygen atoms in total. The van der Waals surface area contributed by atoms with Crippen molar-refractivity contribution in [2.75, 3.05) is 0 Å². The van der Waals surface area contributed by atoms with E-state index in [0.29, 0.717) is 5.56 Å². The normalized spacial score (nSPS) is 9.94. The van der Waals surface area contributed by atoms with Crippen molar-refractivity contribution in [2.45, 2.75) is 6.92 Å². The second kappa shape index (κ2) is 4.26. The van der Waals surface area contributed by atoms with E-state index in [4.69, 9.17) is 5.26 Å². The number of aryl methyl sites for hydroxylation is 1. The fourth-order valence-electron chi connectivity index (χ4n) is 1.78. The number of benzene rings is 2. The summed E-state index contributed by atoms with van der Waals surface area (Å²) < 4.78 is 13.3. The van der Waals surface area contributed by atoms with Crippen molar-refractivity contribution >= 4 is 0 Å². The Kier molecular flexibility index (Phi) is 2.80. The molecular weight excluding hydrogens is 217 g/mol. The van der Waals surface area contributed by atoms with Crippen molar-refractivity contribution in [2.24, 2.45) is 0 Å². The van der Waals surface area contributed by atoms with Crippen molar-refractivity contribution in [1.82, 2.24) is 0 Å². The molecule has 2 aromatic carbocycles. The molecule has 0 heterocycles. The van der Waals surface area contributed by atoms with E-state index in [1.165, 1.54) is 12.1 Å². The minimum Gasteiger partial charge on any atom is -0.508 e. The summed E-state index contributed by atoms with van der Waals surface area (Å²) in [4.78, 5) is 0. The number of nitriles is 1. The summed E-state index contributed by atoms with van der Waals surface area (Å²) in [6, 6.07) is 11.0. The van der Waals surface area contributed by atoms with E-state index >= 15 is 0 Å². The fourth-order valence-corrected chi connectivity index (χ4v) is 1.78. The highest BCUT2D eigenvalue weighted by Gasteiger charge is 2.06. The van der Waals surface area contributed by atoms with E-state index < -0.39 is 5.82 Å². The number of hydrogen-bond acceptors (Lipinski definition) is 2. The molecule has 17 heavy (non-hydrogen) atoms. The molecule has 0 unspecified atom stereocenters. The van der Waals surface area contributed by atoms with Crippen LogP contribution in [-0.4, -0.2) is 5.11 Å². The number of halogens is 1. The Morgan fingerprint density at radius 2 is 1.94 bits per heavy atom. The van der Waals surface area contributed by atoms with Gasteiger partial charge in [0.2, 0.25) is 0 Å². The molecule has 1 N–H and O–H groups in total. The zero-order valence-corrected chi connectivity index (χ0v) is 9.24. The minimum absolute atomic E-state index is 0.170. The maximum atomic E-state index is 13.3. The van der Waals surface area contributed by atoms with Crippen LogP contribution >= 0.6 is 0 Å². The zero-order chi connectivity index (χ0) is 12.4. The van der Waals surface area contributed by atoms with Gasteiger partial charge in [0.1, 0.15) is 11.6 Å². The molecule has 0 radical (unpaired) electrons. The third-order valence-corrected chi connectivity index (χ3v) is 2.55. The Morgan fingerprint density at radius 1 is 1.18 bits per heavy atom. The summed E-state index contributed by atoms with van der Waals surface area (Å²) in [7, 11) is 0. The standard InChI is InChI=1S/C14H10FNO/c1-9-4-13(17)2-3-14(9)11-5-10(8-16)6-12(15)7-11/h2-7,17H,1H3. The summed E-state index contributed by atoms with van der Waals surface area (Å²) in [5.41, 5.74) is 2.56. The first kappa shape index (κ1) is 11.2. The van der Waals surface area contributed by atoms with Gasteiger partial charge in [-0.2, -0.15) is 5.26 Å². The molecule has 0 aliphatic carbocycles. The van der Waals surface area contributed by atoms with Crippen molar-refractivity contribution in [3.05, 3.63) is 53.3 Å². The van der Waals surface area contributed by atoms with Gasteiger partial charge in [0, 0.05) is 0 Å². The monoisotopic (exact) mass is 227 g/mol. The molecule has 0 saturated heterocycles. The Bertz CT molecular complexity index is 614. The number of phenolic OH excluding ortho intramolecular Hbond substituents is 1. The Morgan fingerprint density at radius 3 is 2.59 bits per heavy atom. The fraction of sp³-hybridized carbons (Fsp3) is 0.0714. The van der Waals surface area contributed by atoms with E-state index in [9.17, 15) is 9.50 Å². The van der Waals surface area contributed by atoms with Crippen LogP contribution in [0.4, 0.5) is 4.39 Å². The Balaban J connectivity index is 2.61. The predicted molar refractivity (Wildman–Crippen MR) is 63.0 cm³/mol. The summed E-state index contributed by atoms with van der Waals surface area (Å²) in [6.45, 7) is 1.83. The predicted octanol–water partition coefficient (Wildman–Crippen LogP) is 3.38. The third kappa shape index (κ3) is 2.26. The summed E-state index contributed by atoms with van der Waals surface area (Å²) in [5.74, 6) is -0.269. The van der Waals surface area contributed by atoms with Crippen LogP contribution in [0, 0.1) is 24.1 Å². The van der Waals surface area contributed by atoms with E-state index in [1.807, 2.05) is 13.0 Å². The molecular formula is C14H10FNO. The van der Waals surface area contributed by atoms with Crippen LogP contribution in [0.5, 0.6) is 5.75 Å². The second-order valence-corrected chi connectivity index (χ2v) is 3.84. The largest absolute Gasteiger partial charge is 0.508 e. The van der Waals surface area contributed by atoms with Gasteiger partial charge in [-0.05, 0) is 53.9 Å². The first-order valence-electron chi connectivity index (χ1n) is 5.11. The van der Waals surface area contributed by atoms with E-state index in [0.717, 1.165) is 11.1 Å².